The normalized spacial score (nSPS) is 11.3. The second-order valence-corrected chi connectivity index (χ2v) is 5.27. The zero-order valence-electron chi connectivity index (χ0n) is 12.0. The molecule has 2 nitrogen and oxygen atoms in total. The van der Waals surface area contributed by atoms with Crippen LogP contribution in [0.2, 0.25) is 5.02 Å². The van der Waals surface area contributed by atoms with Gasteiger partial charge in [0.25, 0.3) is 0 Å². The first-order valence-electron chi connectivity index (χ1n) is 6.90. The molecule has 0 bridgehead atoms. The molecule has 0 spiro atoms. The maximum atomic E-state index is 13.3. The van der Waals surface area contributed by atoms with Crippen LogP contribution in [0.5, 0.6) is 0 Å². The summed E-state index contributed by atoms with van der Waals surface area (Å²) < 4.78 is 19.0. The van der Waals surface area contributed by atoms with Crippen LogP contribution in [0.3, 0.4) is 0 Å². The second-order valence-electron chi connectivity index (χ2n) is 4.86. The lowest BCUT2D eigenvalue weighted by atomic mass is 10.1. The minimum Gasteiger partial charge on any atom is -0.457 e. The summed E-state index contributed by atoms with van der Waals surface area (Å²) in [6.45, 7) is 0. The molecule has 0 radical (unpaired) electrons. The Balaban J connectivity index is 1.97. The fourth-order valence-corrected chi connectivity index (χ4v) is 2.46. The van der Waals surface area contributed by atoms with Gasteiger partial charge in [-0.1, -0.05) is 41.9 Å². The van der Waals surface area contributed by atoms with E-state index in [9.17, 15) is 9.65 Å². The van der Waals surface area contributed by atoms with E-state index in [1.807, 2.05) is 6.07 Å². The SMILES string of the molecule is N#CC(=Cc1ccc(-c2cccc(F)c2)o1)c1ccccc1Cl. The van der Waals surface area contributed by atoms with Crippen LogP contribution >= 0.6 is 11.6 Å². The van der Waals surface area contributed by atoms with Crippen LogP contribution in [0.15, 0.2) is 65.1 Å². The molecule has 0 saturated heterocycles. The topological polar surface area (TPSA) is 36.9 Å². The first kappa shape index (κ1) is 15.1. The third-order valence-electron chi connectivity index (χ3n) is 3.31. The summed E-state index contributed by atoms with van der Waals surface area (Å²) in [5.41, 5.74) is 1.68. The molecule has 1 aromatic heterocycles. The van der Waals surface area contributed by atoms with Crippen molar-refractivity contribution < 1.29 is 8.81 Å². The zero-order valence-corrected chi connectivity index (χ0v) is 12.7. The van der Waals surface area contributed by atoms with Crippen LogP contribution in [-0.2, 0) is 0 Å². The molecular formula is C19H11ClFNO. The van der Waals surface area contributed by atoms with Gasteiger partial charge in [-0.05, 0) is 36.4 Å². The number of rotatable bonds is 3. The Morgan fingerprint density at radius 2 is 1.91 bits per heavy atom. The highest BCUT2D eigenvalue weighted by Gasteiger charge is 2.08. The molecule has 0 saturated carbocycles. The van der Waals surface area contributed by atoms with Gasteiger partial charge in [0.05, 0.1) is 11.6 Å². The average Bonchev–Trinajstić information content (AvgIpc) is 3.02. The third-order valence-corrected chi connectivity index (χ3v) is 3.64. The highest BCUT2D eigenvalue weighted by molar-refractivity contribution is 6.32. The van der Waals surface area contributed by atoms with Crippen LogP contribution in [-0.4, -0.2) is 0 Å². The summed E-state index contributed by atoms with van der Waals surface area (Å²) in [4.78, 5) is 0. The fourth-order valence-electron chi connectivity index (χ4n) is 2.22. The molecule has 112 valence electrons. The fraction of sp³-hybridized carbons (Fsp3) is 0. The number of allylic oxidation sites excluding steroid dienone is 1. The van der Waals surface area contributed by atoms with Crippen LogP contribution in [0, 0.1) is 17.1 Å². The smallest absolute Gasteiger partial charge is 0.134 e. The Kier molecular flexibility index (Phi) is 4.27. The van der Waals surface area contributed by atoms with Gasteiger partial charge in [-0.25, -0.2) is 4.39 Å². The van der Waals surface area contributed by atoms with Crippen molar-refractivity contribution in [2.75, 3.05) is 0 Å². The first-order valence-corrected chi connectivity index (χ1v) is 7.27. The number of nitrogens with zero attached hydrogens (tertiary/aromatic N) is 1. The summed E-state index contributed by atoms with van der Waals surface area (Å²) in [7, 11) is 0. The third kappa shape index (κ3) is 3.33. The largest absolute Gasteiger partial charge is 0.457 e. The predicted molar refractivity (Wildman–Crippen MR) is 89.0 cm³/mol. The lowest BCUT2D eigenvalue weighted by molar-refractivity contribution is 0.570. The Hall–Kier alpha value is -2.83. The van der Waals surface area contributed by atoms with Crippen LogP contribution in [0.1, 0.15) is 11.3 Å². The molecule has 0 N–H and O–H groups in total. The van der Waals surface area contributed by atoms with Crippen molar-refractivity contribution in [3.63, 3.8) is 0 Å². The molecule has 0 aliphatic heterocycles. The molecular weight excluding hydrogens is 313 g/mol. The number of halogens is 2. The van der Waals surface area contributed by atoms with Gasteiger partial charge in [0.2, 0.25) is 0 Å². The first-order chi connectivity index (χ1) is 11.2. The van der Waals surface area contributed by atoms with Crippen molar-refractivity contribution in [2.24, 2.45) is 0 Å². The maximum absolute atomic E-state index is 13.3. The minimum absolute atomic E-state index is 0.329. The quantitative estimate of drug-likeness (QED) is 0.571. The molecule has 0 aliphatic carbocycles. The molecule has 3 aromatic rings. The van der Waals surface area contributed by atoms with Crippen molar-refractivity contribution >= 4 is 23.3 Å². The van der Waals surface area contributed by atoms with E-state index in [2.05, 4.69) is 6.07 Å². The number of hydrogen-bond acceptors (Lipinski definition) is 2. The lowest BCUT2D eigenvalue weighted by Crippen LogP contribution is -1.82. The molecule has 0 unspecified atom stereocenters. The van der Waals surface area contributed by atoms with Crippen molar-refractivity contribution in [3.05, 3.63) is 82.8 Å². The Morgan fingerprint density at radius 1 is 1.09 bits per heavy atom. The molecule has 2 aromatic carbocycles. The molecule has 23 heavy (non-hydrogen) atoms. The van der Waals surface area contributed by atoms with E-state index < -0.39 is 0 Å². The average molecular weight is 324 g/mol. The Morgan fingerprint density at radius 3 is 2.65 bits per heavy atom. The monoisotopic (exact) mass is 323 g/mol. The second kappa shape index (κ2) is 6.51. The van der Waals surface area contributed by atoms with Gasteiger partial charge in [-0.3, -0.25) is 0 Å². The van der Waals surface area contributed by atoms with Gasteiger partial charge >= 0.3 is 0 Å². The van der Waals surface area contributed by atoms with E-state index in [0.29, 0.717) is 33.2 Å². The van der Waals surface area contributed by atoms with E-state index >= 15 is 0 Å². The van der Waals surface area contributed by atoms with Gasteiger partial charge in [0.1, 0.15) is 17.3 Å². The summed E-state index contributed by atoms with van der Waals surface area (Å²) in [5, 5.41) is 9.85. The Labute approximate surface area is 138 Å². The zero-order chi connectivity index (χ0) is 16.2. The van der Waals surface area contributed by atoms with Crippen molar-refractivity contribution in [1.82, 2.24) is 0 Å². The lowest BCUT2D eigenvalue weighted by Gasteiger charge is -2.01. The molecule has 0 fully saturated rings. The molecule has 0 amide bonds. The van der Waals surface area contributed by atoms with Gasteiger partial charge in [-0.15, -0.1) is 0 Å². The van der Waals surface area contributed by atoms with E-state index in [1.54, 1.807) is 48.5 Å². The van der Waals surface area contributed by atoms with E-state index in [-0.39, 0.29) is 5.82 Å². The summed E-state index contributed by atoms with van der Waals surface area (Å²) in [6.07, 6.45) is 1.62. The predicted octanol–water partition coefficient (Wildman–Crippen LogP) is 5.80. The number of nitriles is 1. The number of furan rings is 1. The van der Waals surface area contributed by atoms with Crippen LogP contribution in [0.4, 0.5) is 4.39 Å². The van der Waals surface area contributed by atoms with E-state index in [1.165, 1.54) is 12.1 Å². The number of benzene rings is 2. The number of hydrogen-bond donors (Lipinski definition) is 0. The summed E-state index contributed by atoms with van der Waals surface area (Å²) >= 11 is 6.12. The standard InChI is InChI=1S/C19H11ClFNO/c20-18-7-2-1-6-17(18)14(12-22)11-16-8-9-19(23-16)13-4-3-5-15(21)10-13/h1-11H. The highest BCUT2D eigenvalue weighted by atomic mass is 35.5. The van der Waals surface area contributed by atoms with Crippen molar-refractivity contribution in [3.8, 4) is 17.4 Å². The highest BCUT2D eigenvalue weighted by Crippen LogP contribution is 2.28. The minimum atomic E-state index is -0.329. The van der Waals surface area contributed by atoms with Gasteiger partial charge in [0.15, 0.2) is 0 Å². The van der Waals surface area contributed by atoms with Crippen LogP contribution in [0.25, 0.3) is 23.0 Å². The van der Waals surface area contributed by atoms with Gasteiger partial charge in [0, 0.05) is 16.1 Å². The van der Waals surface area contributed by atoms with E-state index in [0.717, 1.165) is 0 Å². The van der Waals surface area contributed by atoms with Gasteiger partial charge in [-0.2, -0.15) is 5.26 Å². The van der Waals surface area contributed by atoms with Crippen LogP contribution < -0.4 is 0 Å². The molecule has 4 heteroatoms. The molecule has 1 heterocycles. The summed E-state index contributed by atoms with van der Waals surface area (Å²) in [5.74, 6) is 0.706. The molecule has 0 aliphatic rings. The maximum Gasteiger partial charge on any atom is 0.134 e. The van der Waals surface area contributed by atoms with Crippen molar-refractivity contribution in [2.45, 2.75) is 0 Å². The van der Waals surface area contributed by atoms with Gasteiger partial charge < -0.3 is 4.42 Å². The molecule has 3 rings (SSSR count). The molecule has 0 atom stereocenters. The Bertz CT molecular complexity index is 921. The summed E-state index contributed by atoms with van der Waals surface area (Å²) in [6, 6.07) is 18.8. The van der Waals surface area contributed by atoms with E-state index in [4.69, 9.17) is 16.0 Å². The van der Waals surface area contributed by atoms with Crippen molar-refractivity contribution in [1.29, 1.82) is 5.26 Å².